The van der Waals surface area contributed by atoms with Crippen molar-refractivity contribution in [3.8, 4) is 0 Å². The van der Waals surface area contributed by atoms with Crippen LogP contribution in [0.2, 0.25) is 0 Å². The minimum Gasteiger partial charge on any atom is -0.380 e. The van der Waals surface area contributed by atoms with Gasteiger partial charge in [0.25, 0.3) is 0 Å². The molecular formula is C8H18BrNO. The maximum atomic E-state index is 5.35. The fourth-order valence-corrected chi connectivity index (χ4v) is 1.12. The Bertz CT molecular complexity index is 63.1. The van der Waals surface area contributed by atoms with E-state index in [9.17, 15) is 0 Å². The second-order valence-electron chi connectivity index (χ2n) is 2.36. The molecule has 0 aromatic rings. The first kappa shape index (κ1) is 11.4. The molecule has 0 rings (SSSR count). The maximum Gasteiger partial charge on any atom is 0.0590 e. The van der Waals surface area contributed by atoms with Crippen molar-refractivity contribution in [2.45, 2.75) is 19.8 Å². The smallest absolute Gasteiger partial charge is 0.0590 e. The first-order valence-electron chi connectivity index (χ1n) is 4.26. The number of likely N-dealkylation sites (N-methyl/N-ethyl adjacent to an activating group) is 1. The molecule has 68 valence electrons. The summed E-state index contributed by atoms with van der Waals surface area (Å²) in [6.45, 7) is 5.85. The lowest BCUT2D eigenvalue weighted by Gasteiger charge is -2.02. The molecular weight excluding hydrogens is 206 g/mol. The summed E-state index contributed by atoms with van der Waals surface area (Å²) in [5.74, 6) is 0. The van der Waals surface area contributed by atoms with Crippen LogP contribution in [0, 0.1) is 0 Å². The third-order valence-corrected chi connectivity index (χ3v) is 1.91. The van der Waals surface area contributed by atoms with E-state index in [0.29, 0.717) is 0 Å². The zero-order valence-electron chi connectivity index (χ0n) is 7.24. The van der Waals surface area contributed by atoms with E-state index in [2.05, 4.69) is 28.2 Å². The van der Waals surface area contributed by atoms with E-state index in [-0.39, 0.29) is 0 Å². The van der Waals surface area contributed by atoms with Crippen molar-refractivity contribution in [2.24, 2.45) is 0 Å². The third-order valence-electron chi connectivity index (χ3n) is 1.35. The van der Waals surface area contributed by atoms with Crippen LogP contribution in [0.5, 0.6) is 0 Å². The summed E-state index contributed by atoms with van der Waals surface area (Å²) in [6, 6.07) is 0. The molecule has 11 heavy (non-hydrogen) atoms. The number of ether oxygens (including phenoxy) is 1. The van der Waals surface area contributed by atoms with E-state index in [1.54, 1.807) is 0 Å². The van der Waals surface area contributed by atoms with Crippen molar-refractivity contribution < 1.29 is 4.74 Å². The van der Waals surface area contributed by atoms with Gasteiger partial charge in [0.05, 0.1) is 6.61 Å². The quantitative estimate of drug-likeness (QED) is 0.501. The van der Waals surface area contributed by atoms with Crippen LogP contribution in [0.15, 0.2) is 0 Å². The summed E-state index contributed by atoms with van der Waals surface area (Å²) in [5.41, 5.74) is 0. The van der Waals surface area contributed by atoms with Gasteiger partial charge in [0.15, 0.2) is 0 Å². The Labute approximate surface area is 77.8 Å². The second-order valence-corrected chi connectivity index (χ2v) is 3.16. The lowest BCUT2D eigenvalue weighted by atomic mass is 10.4. The summed E-state index contributed by atoms with van der Waals surface area (Å²) in [6.07, 6.45) is 2.37. The van der Waals surface area contributed by atoms with E-state index in [1.807, 2.05) is 0 Å². The van der Waals surface area contributed by atoms with Crippen molar-refractivity contribution in [2.75, 3.05) is 31.6 Å². The summed E-state index contributed by atoms with van der Waals surface area (Å²) in [4.78, 5) is 0. The minimum atomic E-state index is 0.843. The second kappa shape index (κ2) is 10.4. The highest BCUT2D eigenvalue weighted by atomic mass is 79.9. The van der Waals surface area contributed by atoms with Crippen molar-refractivity contribution in [3.63, 3.8) is 0 Å². The predicted octanol–water partition coefficient (Wildman–Crippen LogP) is 1.79. The maximum absolute atomic E-state index is 5.35. The fourth-order valence-electron chi connectivity index (χ4n) is 0.722. The third kappa shape index (κ3) is 10.4. The highest BCUT2D eigenvalue weighted by Gasteiger charge is 1.87. The number of hydrogen-bond donors (Lipinski definition) is 1. The molecule has 0 aromatic carbocycles. The van der Waals surface area contributed by atoms with Crippen LogP contribution in [0.3, 0.4) is 0 Å². The number of hydrogen-bond acceptors (Lipinski definition) is 2. The highest BCUT2D eigenvalue weighted by Crippen LogP contribution is 1.93. The van der Waals surface area contributed by atoms with Crippen LogP contribution in [0.25, 0.3) is 0 Å². The van der Waals surface area contributed by atoms with Crippen LogP contribution in [0.4, 0.5) is 0 Å². The van der Waals surface area contributed by atoms with Crippen molar-refractivity contribution in [1.29, 1.82) is 0 Å². The Morgan fingerprint density at radius 2 is 2.09 bits per heavy atom. The Balaban J connectivity index is 2.69. The number of rotatable bonds is 8. The average molecular weight is 224 g/mol. The molecule has 0 radical (unpaired) electrons. The molecule has 0 aliphatic rings. The standard InChI is InChI=1S/C8H18BrNO/c1-2-10-6-8-11-7-4-3-5-9/h10H,2-8H2,1H3. The Kier molecular flexibility index (Phi) is 10.8. The summed E-state index contributed by atoms with van der Waals surface area (Å²) >= 11 is 3.38. The molecule has 2 nitrogen and oxygen atoms in total. The van der Waals surface area contributed by atoms with E-state index >= 15 is 0 Å². The summed E-state index contributed by atoms with van der Waals surface area (Å²) in [5, 5.41) is 4.29. The van der Waals surface area contributed by atoms with Gasteiger partial charge >= 0.3 is 0 Å². The highest BCUT2D eigenvalue weighted by molar-refractivity contribution is 9.09. The summed E-state index contributed by atoms with van der Waals surface area (Å²) < 4.78 is 5.35. The van der Waals surface area contributed by atoms with Crippen LogP contribution in [0.1, 0.15) is 19.8 Å². The molecule has 0 spiro atoms. The monoisotopic (exact) mass is 223 g/mol. The Morgan fingerprint density at radius 1 is 1.27 bits per heavy atom. The topological polar surface area (TPSA) is 21.3 Å². The number of unbranched alkanes of at least 4 members (excludes halogenated alkanes) is 1. The van der Waals surface area contributed by atoms with Crippen LogP contribution in [-0.4, -0.2) is 31.6 Å². The first-order valence-corrected chi connectivity index (χ1v) is 5.38. The van der Waals surface area contributed by atoms with Gasteiger partial charge < -0.3 is 10.1 Å². The molecule has 0 saturated carbocycles. The van der Waals surface area contributed by atoms with Gasteiger partial charge in [0.2, 0.25) is 0 Å². The lowest BCUT2D eigenvalue weighted by Crippen LogP contribution is -2.19. The van der Waals surface area contributed by atoms with Crippen molar-refractivity contribution in [1.82, 2.24) is 5.32 Å². The van der Waals surface area contributed by atoms with Gasteiger partial charge in [-0.15, -0.1) is 0 Å². The first-order chi connectivity index (χ1) is 5.41. The van der Waals surface area contributed by atoms with E-state index in [0.717, 1.165) is 38.1 Å². The fraction of sp³-hybridized carbons (Fsp3) is 1.00. The average Bonchev–Trinajstić information content (AvgIpc) is 2.03. The molecule has 0 unspecified atom stereocenters. The molecule has 0 aliphatic heterocycles. The number of halogens is 1. The predicted molar refractivity (Wildman–Crippen MR) is 52.4 cm³/mol. The Hall–Kier alpha value is 0.400. The minimum absolute atomic E-state index is 0.843. The largest absolute Gasteiger partial charge is 0.380 e. The van der Waals surface area contributed by atoms with Gasteiger partial charge in [-0.2, -0.15) is 0 Å². The molecule has 0 fully saturated rings. The van der Waals surface area contributed by atoms with Gasteiger partial charge in [-0.3, -0.25) is 0 Å². The molecule has 0 aliphatic carbocycles. The van der Waals surface area contributed by atoms with Crippen molar-refractivity contribution in [3.05, 3.63) is 0 Å². The van der Waals surface area contributed by atoms with Crippen molar-refractivity contribution >= 4 is 15.9 Å². The molecule has 0 atom stereocenters. The van der Waals surface area contributed by atoms with Crippen LogP contribution < -0.4 is 5.32 Å². The van der Waals surface area contributed by atoms with Crippen LogP contribution in [-0.2, 0) is 4.74 Å². The zero-order valence-corrected chi connectivity index (χ0v) is 8.82. The van der Waals surface area contributed by atoms with E-state index in [4.69, 9.17) is 4.74 Å². The SMILES string of the molecule is CCNCCOCCCCBr. The molecule has 1 N–H and O–H groups in total. The van der Waals surface area contributed by atoms with Gasteiger partial charge in [0, 0.05) is 18.5 Å². The molecule has 0 heterocycles. The van der Waals surface area contributed by atoms with E-state index < -0.39 is 0 Å². The normalized spacial score (nSPS) is 10.4. The van der Waals surface area contributed by atoms with Gasteiger partial charge in [-0.1, -0.05) is 22.9 Å². The number of alkyl halides is 1. The van der Waals surface area contributed by atoms with Gasteiger partial charge in [-0.25, -0.2) is 0 Å². The molecule has 3 heteroatoms. The summed E-state index contributed by atoms with van der Waals surface area (Å²) in [7, 11) is 0. The molecule has 0 bridgehead atoms. The van der Waals surface area contributed by atoms with E-state index in [1.165, 1.54) is 6.42 Å². The number of nitrogens with one attached hydrogen (secondary N) is 1. The Morgan fingerprint density at radius 3 is 2.73 bits per heavy atom. The molecule has 0 amide bonds. The lowest BCUT2D eigenvalue weighted by molar-refractivity contribution is 0.133. The van der Waals surface area contributed by atoms with Gasteiger partial charge in [-0.05, 0) is 19.4 Å². The molecule has 0 saturated heterocycles. The van der Waals surface area contributed by atoms with Gasteiger partial charge in [0.1, 0.15) is 0 Å². The molecule has 0 aromatic heterocycles. The zero-order chi connectivity index (χ0) is 8.36. The van der Waals surface area contributed by atoms with Crippen LogP contribution >= 0.6 is 15.9 Å².